The van der Waals surface area contributed by atoms with Crippen LogP contribution < -0.4 is 11.1 Å². The third-order valence-corrected chi connectivity index (χ3v) is 2.99. The average molecular weight is 276 g/mol. The van der Waals surface area contributed by atoms with E-state index in [1.807, 2.05) is 13.0 Å². The molecular formula is C13H16N4O3. The van der Waals surface area contributed by atoms with E-state index in [2.05, 4.69) is 5.32 Å². The highest BCUT2D eigenvalue weighted by atomic mass is 16.6. The van der Waals surface area contributed by atoms with Crippen LogP contribution in [-0.2, 0) is 4.79 Å². The van der Waals surface area contributed by atoms with Gasteiger partial charge in [0.25, 0.3) is 5.69 Å². The maximum absolute atomic E-state index is 11.8. The fraction of sp³-hybridized carbons (Fsp3) is 0.385. The van der Waals surface area contributed by atoms with E-state index in [-0.39, 0.29) is 35.2 Å². The van der Waals surface area contributed by atoms with Crippen molar-refractivity contribution in [2.75, 3.05) is 11.9 Å². The first-order valence-electron chi connectivity index (χ1n) is 6.20. The molecule has 106 valence electrons. The van der Waals surface area contributed by atoms with Gasteiger partial charge in [-0.3, -0.25) is 14.9 Å². The molecule has 0 heterocycles. The van der Waals surface area contributed by atoms with Gasteiger partial charge < -0.3 is 11.1 Å². The number of hydrogen-bond acceptors (Lipinski definition) is 5. The van der Waals surface area contributed by atoms with Gasteiger partial charge >= 0.3 is 0 Å². The molecule has 0 bridgehead atoms. The molecule has 1 rings (SSSR count). The first kappa shape index (κ1) is 15.6. The molecule has 7 nitrogen and oxygen atoms in total. The van der Waals surface area contributed by atoms with Crippen molar-refractivity contribution in [3.8, 4) is 6.07 Å². The molecule has 0 aliphatic heterocycles. The third kappa shape index (κ3) is 4.03. The topological polar surface area (TPSA) is 122 Å². The number of benzene rings is 1. The molecule has 0 spiro atoms. The van der Waals surface area contributed by atoms with Crippen LogP contribution in [0.1, 0.15) is 25.3 Å². The number of nitro benzene ring substituents is 1. The number of carbonyl (C=O) groups excluding carboxylic acids is 1. The van der Waals surface area contributed by atoms with Crippen molar-refractivity contribution in [2.45, 2.75) is 19.8 Å². The minimum Gasteiger partial charge on any atom is -0.330 e. The standard InChI is InChI=1S/C13H16N4O3/c1-2-9(7-14)5-13(18)16-12-4-3-11(17(19)20)6-10(12)8-15/h3-4,6,9H,2,5,7,14H2,1H3,(H,16,18). The normalized spacial score (nSPS) is 11.4. The number of amides is 1. The van der Waals surface area contributed by atoms with Gasteiger partial charge in [-0.1, -0.05) is 13.3 Å². The lowest BCUT2D eigenvalue weighted by Gasteiger charge is -2.12. The highest BCUT2D eigenvalue weighted by Gasteiger charge is 2.15. The molecule has 7 heteroatoms. The zero-order valence-electron chi connectivity index (χ0n) is 11.1. The fourth-order valence-electron chi connectivity index (χ4n) is 1.71. The number of nitrogens with two attached hydrogens (primary N) is 1. The summed E-state index contributed by atoms with van der Waals surface area (Å²) in [5, 5.41) is 22.2. The van der Waals surface area contributed by atoms with Gasteiger partial charge in [-0.15, -0.1) is 0 Å². The number of rotatable bonds is 6. The van der Waals surface area contributed by atoms with Crippen LogP contribution in [-0.4, -0.2) is 17.4 Å². The Morgan fingerprint density at radius 2 is 2.30 bits per heavy atom. The van der Waals surface area contributed by atoms with E-state index in [0.29, 0.717) is 6.54 Å². The summed E-state index contributed by atoms with van der Waals surface area (Å²) in [6, 6.07) is 5.57. The minimum atomic E-state index is -0.589. The second-order valence-electron chi connectivity index (χ2n) is 4.36. The molecule has 1 unspecified atom stereocenters. The number of nitrogens with one attached hydrogen (secondary N) is 1. The number of nitriles is 1. The number of nitro groups is 1. The van der Waals surface area contributed by atoms with Crippen molar-refractivity contribution >= 4 is 17.3 Å². The molecule has 0 aliphatic rings. The van der Waals surface area contributed by atoms with E-state index in [1.54, 1.807) is 0 Å². The minimum absolute atomic E-state index is 0.0633. The lowest BCUT2D eigenvalue weighted by Crippen LogP contribution is -2.22. The summed E-state index contributed by atoms with van der Waals surface area (Å²) in [7, 11) is 0. The summed E-state index contributed by atoms with van der Waals surface area (Å²) in [6.07, 6.45) is 1.05. The Morgan fingerprint density at radius 3 is 2.80 bits per heavy atom. The van der Waals surface area contributed by atoms with E-state index < -0.39 is 4.92 Å². The highest BCUT2D eigenvalue weighted by Crippen LogP contribution is 2.22. The molecule has 0 aromatic heterocycles. The van der Waals surface area contributed by atoms with Gasteiger partial charge in [0.15, 0.2) is 0 Å². The molecule has 0 radical (unpaired) electrons. The molecule has 0 saturated carbocycles. The lowest BCUT2D eigenvalue weighted by atomic mass is 10.0. The van der Waals surface area contributed by atoms with Gasteiger partial charge in [-0.05, 0) is 18.5 Å². The first-order valence-corrected chi connectivity index (χ1v) is 6.20. The third-order valence-electron chi connectivity index (χ3n) is 2.99. The smallest absolute Gasteiger partial charge is 0.270 e. The van der Waals surface area contributed by atoms with E-state index in [0.717, 1.165) is 12.5 Å². The van der Waals surface area contributed by atoms with Crippen molar-refractivity contribution in [1.82, 2.24) is 0 Å². The maximum atomic E-state index is 11.8. The van der Waals surface area contributed by atoms with Gasteiger partial charge in [-0.2, -0.15) is 5.26 Å². The zero-order valence-corrected chi connectivity index (χ0v) is 11.1. The van der Waals surface area contributed by atoms with E-state index in [4.69, 9.17) is 11.0 Å². The Balaban J connectivity index is 2.85. The monoisotopic (exact) mass is 276 g/mol. The molecule has 0 aliphatic carbocycles. The maximum Gasteiger partial charge on any atom is 0.270 e. The molecule has 1 amide bonds. The van der Waals surface area contributed by atoms with Crippen molar-refractivity contribution in [3.63, 3.8) is 0 Å². The van der Waals surface area contributed by atoms with Crippen LogP contribution in [0, 0.1) is 27.4 Å². The summed E-state index contributed by atoms with van der Waals surface area (Å²) < 4.78 is 0. The van der Waals surface area contributed by atoms with Gasteiger partial charge in [0.05, 0.1) is 16.2 Å². The average Bonchev–Trinajstić information content (AvgIpc) is 2.44. The summed E-state index contributed by atoms with van der Waals surface area (Å²) in [5.74, 6) is -0.175. The van der Waals surface area contributed by atoms with Crippen molar-refractivity contribution in [1.29, 1.82) is 5.26 Å². The quantitative estimate of drug-likeness (QED) is 0.605. The van der Waals surface area contributed by atoms with Gasteiger partial charge in [0.2, 0.25) is 5.91 Å². The highest BCUT2D eigenvalue weighted by molar-refractivity contribution is 5.92. The Labute approximate surface area is 116 Å². The molecule has 1 atom stereocenters. The van der Waals surface area contributed by atoms with Crippen LogP contribution in [0.4, 0.5) is 11.4 Å². The number of carbonyl (C=O) groups is 1. The molecule has 1 aromatic carbocycles. The Hall–Kier alpha value is -2.46. The molecule has 20 heavy (non-hydrogen) atoms. The van der Waals surface area contributed by atoms with Gasteiger partial charge in [-0.25, -0.2) is 0 Å². The molecule has 1 aromatic rings. The molecular weight excluding hydrogens is 260 g/mol. The SMILES string of the molecule is CCC(CN)CC(=O)Nc1ccc([N+](=O)[O-])cc1C#N. The number of hydrogen-bond donors (Lipinski definition) is 2. The Morgan fingerprint density at radius 1 is 1.60 bits per heavy atom. The van der Waals surface area contributed by atoms with Gasteiger partial charge in [0.1, 0.15) is 6.07 Å². The van der Waals surface area contributed by atoms with E-state index in [1.165, 1.54) is 12.1 Å². The number of non-ortho nitro benzene ring substituents is 1. The van der Waals surface area contributed by atoms with E-state index >= 15 is 0 Å². The van der Waals surface area contributed by atoms with Crippen molar-refractivity contribution in [2.24, 2.45) is 11.7 Å². The lowest BCUT2D eigenvalue weighted by molar-refractivity contribution is -0.384. The van der Waals surface area contributed by atoms with Crippen LogP contribution >= 0.6 is 0 Å². The Bertz CT molecular complexity index is 547. The zero-order chi connectivity index (χ0) is 15.1. The molecule has 3 N–H and O–H groups in total. The summed E-state index contributed by atoms with van der Waals surface area (Å²) >= 11 is 0. The largest absolute Gasteiger partial charge is 0.330 e. The first-order chi connectivity index (χ1) is 9.51. The number of nitrogens with zero attached hydrogens (tertiary/aromatic N) is 2. The predicted octanol–water partition coefficient (Wildman–Crippen LogP) is 1.78. The predicted molar refractivity (Wildman–Crippen MR) is 73.9 cm³/mol. The van der Waals surface area contributed by atoms with Crippen molar-refractivity contribution in [3.05, 3.63) is 33.9 Å². The van der Waals surface area contributed by atoms with Crippen molar-refractivity contribution < 1.29 is 9.72 Å². The molecule has 0 saturated heterocycles. The summed E-state index contributed by atoms with van der Waals surface area (Å²) in [6.45, 7) is 2.35. The van der Waals surface area contributed by atoms with Crippen LogP contribution in [0.3, 0.4) is 0 Å². The fourth-order valence-corrected chi connectivity index (χ4v) is 1.71. The van der Waals surface area contributed by atoms with E-state index in [9.17, 15) is 14.9 Å². The second kappa shape index (κ2) is 7.21. The second-order valence-corrected chi connectivity index (χ2v) is 4.36. The Kier molecular flexibility index (Phi) is 5.62. The van der Waals surface area contributed by atoms with Crippen LogP contribution in [0.2, 0.25) is 0 Å². The van der Waals surface area contributed by atoms with Gasteiger partial charge in [0, 0.05) is 18.6 Å². The number of anilines is 1. The summed E-state index contributed by atoms with van der Waals surface area (Å²) in [4.78, 5) is 21.8. The van der Waals surface area contributed by atoms with Crippen LogP contribution in [0.25, 0.3) is 0 Å². The van der Waals surface area contributed by atoms with Crippen LogP contribution in [0.15, 0.2) is 18.2 Å². The molecule has 0 fully saturated rings. The summed E-state index contributed by atoms with van der Waals surface area (Å²) in [5.41, 5.74) is 5.68. The van der Waals surface area contributed by atoms with Crippen LogP contribution in [0.5, 0.6) is 0 Å².